The van der Waals surface area contributed by atoms with Crippen LogP contribution in [-0.4, -0.2) is 51.5 Å². The zero-order valence-corrected chi connectivity index (χ0v) is 11.4. The highest BCUT2D eigenvalue weighted by molar-refractivity contribution is 7.78. The molecule has 0 spiro atoms. The number of hydrogen-bond donors (Lipinski definition) is 2. The third-order valence-electron chi connectivity index (χ3n) is 3.24. The molecule has 1 aliphatic heterocycles. The van der Waals surface area contributed by atoms with E-state index in [1.165, 1.54) is 6.92 Å². The topological polar surface area (TPSA) is 83.6 Å². The molecule has 0 radical (unpaired) electrons. The number of carboxylic acids is 1. The van der Waals surface area contributed by atoms with E-state index in [1.54, 1.807) is 4.90 Å². The van der Waals surface area contributed by atoms with Crippen molar-refractivity contribution in [3.05, 3.63) is 5.57 Å². The fraction of sp³-hybridized carbons (Fsp3) is 0.667. The molecule has 0 bridgehead atoms. The van der Waals surface area contributed by atoms with Crippen LogP contribution in [0.15, 0.2) is 5.57 Å². The van der Waals surface area contributed by atoms with Gasteiger partial charge in [0.25, 0.3) is 0 Å². The molecular weight excluding hydrogens is 252 g/mol. The standard InChI is InChI=1S/C12H18N2O3S/c1-3-5-14-6-4-9(7-18)12(14,11(16)17)10(15)8(2)13/h8H,3-6,13H2,1-2H3,(H,16,17)/t8-,12+/m0/s1. The van der Waals surface area contributed by atoms with Gasteiger partial charge in [-0.25, -0.2) is 4.79 Å². The first-order valence-electron chi connectivity index (χ1n) is 5.95. The third kappa shape index (κ3) is 2.12. The molecule has 1 aliphatic rings. The highest BCUT2D eigenvalue weighted by Crippen LogP contribution is 2.35. The van der Waals surface area contributed by atoms with E-state index in [-0.39, 0.29) is 0 Å². The second kappa shape index (κ2) is 5.71. The number of nitrogens with two attached hydrogens (primary N) is 1. The summed E-state index contributed by atoms with van der Waals surface area (Å²) < 4.78 is 0. The minimum Gasteiger partial charge on any atom is -0.479 e. The summed E-state index contributed by atoms with van der Waals surface area (Å²) in [4.78, 5) is 25.7. The summed E-state index contributed by atoms with van der Waals surface area (Å²) in [5.74, 6) is -1.73. The molecule has 0 aliphatic carbocycles. The predicted molar refractivity (Wildman–Crippen MR) is 71.6 cm³/mol. The fourth-order valence-corrected chi connectivity index (χ4v) is 2.71. The number of carbonyl (C=O) groups excluding carboxylic acids is 1. The van der Waals surface area contributed by atoms with Gasteiger partial charge < -0.3 is 10.8 Å². The van der Waals surface area contributed by atoms with Crippen molar-refractivity contribution in [1.82, 2.24) is 4.90 Å². The molecule has 100 valence electrons. The monoisotopic (exact) mass is 270 g/mol. The highest BCUT2D eigenvalue weighted by Gasteiger charge is 2.57. The smallest absolute Gasteiger partial charge is 0.337 e. The Morgan fingerprint density at radius 1 is 1.67 bits per heavy atom. The van der Waals surface area contributed by atoms with Crippen molar-refractivity contribution in [2.75, 3.05) is 13.1 Å². The van der Waals surface area contributed by atoms with E-state index in [4.69, 9.17) is 18.0 Å². The molecule has 5 nitrogen and oxygen atoms in total. The van der Waals surface area contributed by atoms with Crippen LogP contribution >= 0.6 is 12.2 Å². The van der Waals surface area contributed by atoms with Crippen LogP contribution in [0, 0.1) is 0 Å². The maximum Gasteiger partial charge on any atom is 0.337 e. The molecule has 3 N–H and O–H groups in total. The Hall–Kier alpha value is -1.07. The second-order valence-electron chi connectivity index (χ2n) is 4.49. The van der Waals surface area contributed by atoms with E-state index in [2.05, 4.69) is 5.02 Å². The number of nitrogens with zero attached hydrogens (tertiary/aromatic N) is 1. The molecule has 2 atom stereocenters. The maximum absolute atomic E-state index is 12.3. The van der Waals surface area contributed by atoms with Crippen LogP contribution in [0.1, 0.15) is 26.7 Å². The average Bonchev–Trinajstić information content (AvgIpc) is 2.67. The Balaban J connectivity index is 3.39. The summed E-state index contributed by atoms with van der Waals surface area (Å²) in [6.07, 6.45) is 1.21. The number of carbonyl (C=O) groups is 2. The minimum atomic E-state index is -1.70. The molecule has 1 heterocycles. The van der Waals surface area contributed by atoms with Crippen molar-refractivity contribution in [3.8, 4) is 0 Å². The van der Waals surface area contributed by atoms with Gasteiger partial charge in [0.1, 0.15) is 0 Å². The van der Waals surface area contributed by atoms with Crippen LogP contribution in [0.25, 0.3) is 0 Å². The Labute approximate surface area is 112 Å². The van der Waals surface area contributed by atoms with Crippen molar-refractivity contribution in [1.29, 1.82) is 0 Å². The van der Waals surface area contributed by atoms with Gasteiger partial charge in [-0.05, 0) is 43.6 Å². The van der Waals surface area contributed by atoms with Crippen molar-refractivity contribution >= 4 is 29.0 Å². The lowest BCUT2D eigenvalue weighted by Crippen LogP contribution is -2.61. The van der Waals surface area contributed by atoms with Crippen LogP contribution < -0.4 is 5.73 Å². The largest absolute Gasteiger partial charge is 0.479 e. The number of likely N-dealkylation sites (tertiary alicyclic amines) is 1. The Bertz CT molecular complexity index is 416. The van der Waals surface area contributed by atoms with Gasteiger partial charge in [-0.1, -0.05) is 6.92 Å². The average molecular weight is 270 g/mol. The van der Waals surface area contributed by atoms with Gasteiger partial charge in [-0.2, -0.15) is 0 Å². The number of aliphatic carboxylic acids is 1. The number of ketones is 1. The van der Waals surface area contributed by atoms with E-state index in [0.717, 1.165) is 6.42 Å². The molecular formula is C12H18N2O3S. The molecule has 1 saturated heterocycles. The Morgan fingerprint density at radius 2 is 2.28 bits per heavy atom. The van der Waals surface area contributed by atoms with Crippen molar-refractivity contribution in [2.24, 2.45) is 5.73 Å². The SMILES string of the molecule is CCCN1CCC(=C=S)[C@]1(C(=O)O)C(=O)[C@H](C)N. The van der Waals surface area contributed by atoms with Crippen molar-refractivity contribution < 1.29 is 14.7 Å². The van der Waals surface area contributed by atoms with Gasteiger partial charge in [0.15, 0.2) is 5.78 Å². The molecule has 0 aromatic carbocycles. The molecule has 0 amide bonds. The third-order valence-corrected chi connectivity index (χ3v) is 3.49. The maximum atomic E-state index is 12.3. The predicted octanol–water partition coefficient (Wildman–Crippen LogP) is 0.367. The van der Waals surface area contributed by atoms with Crippen LogP contribution in [0.5, 0.6) is 0 Å². The van der Waals surface area contributed by atoms with Crippen LogP contribution in [0.3, 0.4) is 0 Å². The number of carboxylic acid groups (broad SMARTS) is 1. The van der Waals surface area contributed by atoms with Crippen LogP contribution in [0.4, 0.5) is 0 Å². The number of thiocarbonyl (C=S) groups is 1. The normalized spacial score (nSPS) is 25.8. The molecule has 0 aromatic rings. The number of Topliss-reactive ketones (excluding diaryl/α,β-unsaturated/α-hetero) is 1. The van der Waals surface area contributed by atoms with Crippen molar-refractivity contribution in [3.63, 3.8) is 0 Å². The summed E-state index contributed by atoms with van der Waals surface area (Å²) in [6.45, 7) is 4.45. The molecule has 1 fully saturated rings. The van der Waals surface area contributed by atoms with E-state index in [1.807, 2.05) is 6.92 Å². The summed E-state index contributed by atoms with van der Waals surface area (Å²) in [7, 11) is 0. The lowest BCUT2D eigenvalue weighted by Gasteiger charge is -2.34. The van der Waals surface area contributed by atoms with Gasteiger partial charge in [0.05, 0.1) is 6.04 Å². The highest BCUT2D eigenvalue weighted by atomic mass is 32.1. The molecule has 6 heteroatoms. The summed E-state index contributed by atoms with van der Waals surface area (Å²) in [6, 6.07) is -0.850. The van der Waals surface area contributed by atoms with Crippen LogP contribution in [0.2, 0.25) is 0 Å². The minimum absolute atomic E-state index is 0.348. The molecule has 0 unspecified atom stereocenters. The molecule has 18 heavy (non-hydrogen) atoms. The molecule has 0 aromatic heterocycles. The summed E-state index contributed by atoms with van der Waals surface area (Å²) in [5, 5.41) is 12.0. The van der Waals surface area contributed by atoms with E-state index in [0.29, 0.717) is 25.1 Å². The van der Waals surface area contributed by atoms with Gasteiger partial charge in [-0.3, -0.25) is 9.69 Å². The summed E-state index contributed by atoms with van der Waals surface area (Å²) in [5.41, 5.74) is 4.24. The second-order valence-corrected chi connectivity index (χ2v) is 4.69. The molecule has 1 rings (SSSR count). The Kier molecular flexibility index (Phi) is 4.76. The fourth-order valence-electron chi connectivity index (χ4n) is 2.46. The molecule has 0 saturated carbocycles. The number of hydrogen-bond acceptors (Lipinski definition) is 5. The Morgan fingerprint density at radius 3 is 2.67 bits per heavy atom. The first kappa shape index (κ1) is 15.0. The number of rotatable bonds is 5. The zero-order chi connectivity index (χ0) is 13.9. The first-order valence-corrected chi connectivity index (χ1v) is 6.36. The summed E-state index contributed by atoms with van der Waals surface area (Å²) >= 11 is 4.75. The zero-order valence-electron chi connectivity index (χ0n) is 10.6. The van der Waals surface area contributed by atoms with Gasteiger partial charge >= 0.3 is 5.97 Å². The van der Waals surface area contributed by atoms with E-state index >= 15 is 0 Å². The van der Waals surface area contributed by atoms with Crippen molar-refractivity contribution in [2.45, 2.75) is 38.3 Å². The van der Waals surface area contributed by atoms with Gasteiger partial charge in [-0.15, -0.1) is 0 Å². The van der Waals surface area contributed by atoms with Gasteiger partial charge in [0.2, 0.25) is 5.54 Å². The quantitative estimate of drug-likeness (QED) is 0.554. The van der Waals surface area contributed by atoms with E-state index in [9.17, 15) is 14.7 Å². The van der Waals surface area contributed by atoms with Crippen LogP contribution in [-0.2, 0) is 9.59 Å². The van der Waals surface area contributed by atoms with E-state index < -0.39 is 23.3 Å². The lowest BCUT2D eigenvalue weighted by atomic mass is 9.84. The lowest BCUT2D eigenvalue weighted by molar-refractivity contribution is -0.153. The van der Waals surface area contributed by atoms with Gasteiger partial charge in [0, 0.05) is 12.1 Å². The first-order chi connectivity index (χ1) is 8.42.